The Morgan fingerprint density at radius 3 is 2.65 bits per heavy atom. The van der Waals surface area contributed by atoms with E-state index >= 15 is 0 Å². The number of fused-ring (bicyclic) bond motifs is 5. The van der Waals surface area contributed by atoms with Crippen LogP contribution in [0, 0.1) is 34.5 Å². The zero-order chi connectivity index (χ0) is 14.0. The second kappa shape index (κ2) is 4.34. The van der Waals surface area contributed by atoms with Crippen LogP contribution in [0.5, 0.6) is 0 Å². The molecule has 0 N–H and O–H groups in total. The highest BCUT2D eigenvalue weighted by molar-refractivity contribution is 5.82. The molecule has 112 valence electrons. The van der Waals surface area contributed by atoms with Gasteiger partial charge < -0.3 is 0 Å². The lowest BCUT2D eigenvalue weighted by molar-refractivity contribution is -0.118. The second-order valence-corrected chi connectivity index (χ2v) is 9.01. The van der Waals surface area contributed by atoms with Crippen LogP contribution in [-0.4, -0.2) is 5.78 Å². The van der Waals surface area contributed by atoms with Gasteiger partial charge in [-0.1, -0.05) is 26.7 Å². The van der Waals surface area contributed by atoms with Gasteiger partial charge in [-0.05, 0) is 73.0 Å². The number of hydrogen-bond donors (Lipinski definition) is 0. The summed E-state index contributed by atoms with van der Waals surface area (Å²) in [5.41, 5.74) is 0.990. The van der Waals surface area contributed by atoms with Crippen LogP contribution in [0.2, 0.25) is 0 Å². The first kappa shape index (κ1) is 13.3. The van der Waals surface area contributed by atoms with Crippen molar-refractivity contribution in [3.8, 4) is 0 Å². The molecular formula is C19H30O. The number of ketones is 1. The number of Topliss-reactive ketones (excluding diaryl/α,β-unsaturated/α-hetero) is 1. The molecule has 1 heteroatoms. The molecule has 4 saturated carbocycles. The standard InChI is InChI=1S/C19H30O/c1-18-10-8-16-15(17(18)11-14(20)12-18)7-6-13-5-3-4-9-19(13,16)2/h13,15-17H,3-12H2,1-2H3/t13-,15+,16-,17+,18-,19+/m1/s1. The fourth-order valence-electron chi connectivity index (χ4n) is 7.07. The molecule has 1 nitrogen and oxygen atoms in total. The van der Waals surface area contributed by atoms with Crippen LogP contribution in [0.3, 0.4) is 0 Å². The van der Waals surface area contributed by atoms with Crippen molar-refractivity contribution in [2.24, 2.45) is 34.5 Å². The highest BCUT2D eigenvalue weighted by Crippen LogP contribution is 2.65. The lowest BCUT2D eigenvalue weighted by atomic mass is 9.45. The molecular weight excluding hydrogens is 244 g/mol. The summed E-state index contributed by atoms with van der Waals surface area (Å²) >= 11 is 0. The van der Waals surface area contributed by atoms with Gasteiger partial charge in [0.2, 0.25) is 0 Å². The number of carbonyl (C=O) groups is 1. The summed E-state index contributed by atoms with van der Waals surface area (Å²) in [4.78, 5) is 12.1. The Kier molecular flexibility index (Phi) is 2.89. The summed E-state index contributed by atoms with van der Waals surface area (Å²) in [5, 5.41) is 0. The third-order valence-electron chi connectivity index (χ3n) is 8.15. The predicted molar refractivity (Wildman–Crippen MR) is 81.4 cm³/mol. The first-order chi connectivity index (χ1) is 9.53. The summed E-state index contributed by atoms with van der Waals surface area (Å²) in [7, 11) is 0. The fourth-order valence-corrected chi connectivity index (χ4v) is 7.07. The van der Waals surface area contributed by atoms with Crippen molar-refractivity contribution in [2.75, 3.05) is 0 Å². The Balaban J connectivity index is 1.65. The summed E-state index contributed by atoms with van der Waals surface area (Å²) < 4.78 is 0. The summed E-state index contributed by atoms with van der Waals surface area (Å²) in [6, 6.07) is 0. The molecule has 20 heavy (non-hydrogen) atoms. The monoisotopic (exact) mass is 274 g/mol. The third kappa shape index (κ3) is 1.70. The van der Waals surface area contributed by atoms with Crippen molar-refractivity contribution in [1.29, 1.82) is 0 Å². The maximum Gasteiger partial charge on any atom is 0.133 e. The first-order valence-electron chi connectivity index (χ1n) is 9.05. The lowest BCUT2D eigenvalue weighted by Gasteiger charge is -2.59. The largest absolute Gasteiger partial charge is 0.300 e. The molecule has 0 aromatic carbocycles. The second-order valence-electron chi connectivity index (χ2n) is 9.01. The van der Waals surface area contributed by atoms with E-state index in [-0.39, 0.29) is 0 Å². The van der Waals surface area contributed by atoms with Gasteiger partial charge in [0.05, 0.1) is 0 Å². The normalized spacial score (nSPS) is 55.0. The molecule has 0 unspecified atom stereocenters. The molecule has 0 aliphatic heterocycles. The third-order valence-corrected chi connectivity index (χ3v) is 8.15. The van der Waals surface area contributed by atoms with Gasteiger partial charge in [0.1, 0.15) is 5.78 Å². The molecule has 0 saturated heterocycles. The van der Waals surface area contributed by atoms with Crippen molar-refractivity contribution in [3.63, 3.8) is 0 Å². The topological polar surface area (TPSA) is 17.1 Å². The number of rotatable bonds is 0. The lowest BCUT2D eigenvalue weighted by Crippen LogP contribution is -2.51. The van der Waals surface area contributed by atoms with Gasteiger partial charge in [-0.2, -0.15) is 0 Å². The Hall–Kier alpha value is -0.330. The minimum Gasteiger partial charge on any atom is -0.300 e. The molecule has 6 atom stereocenters. The molecule has 0 spiro atoms. The van der Waals surface area contributed by atoms with Crippen LogP contribution in [-0.2, 0) is 4.79 Å². The molecule has 0 aromatic rings. The van der Waals surface area contributed by atoms with E-state index in [1.54, 1.807) is 0 Å². The van der Waals surface area contributed by atoms with Crippen LogP contribution in [0.1, 0.15) is 78.1 Å². The maximum atomic E-state index is 12.1. The van der Waals surface area contributed by atoms with E-state index in [2.05, 4.69) is 13.8 Å². The van der Waals surface area contributed by atoms with Crippen LogP contribution < -0.4 is 0 Å². The quantitative estimate of drug-likeness (QED) is 0.608. The van der Waals surface area contributed by atoms with Crippen molar-refractivity contribution >= 4 is 5.78 Å². The Morgan fingerprint density at radius 2 is 1.80 bits per heavy atom. The average Bonchev–Trinajstić information content (AvgIpc) is 2.72. The van der Waals surface area contributed by atoms with Crippen molar-refractivity contribution in [2.45, 2.75) is 78.1 Å². The van der Waals surface area contributed by atoms with Crippen LogP contribution in [0.4, 0.5) is 0 Å². The van der Waals surface area contributed by atoms with Gasteiger partial charge in [-0.3, -0.25) is 4.79 Å². The molecule has 0 aromatic heterocycles. The Bertz CT molecular complexity index is 427. The van der Waals surface area contributed by atoms with Crippen LogP contribution >= 0.6 is 0 Å². The predicted octanol–water partition coefficient (Wildman–Crippen LogP) is 4.99. The van der Waals surface area contributed by atoms with Crippen LogP contribution in [0.25, 0.3) is 0 Å². The van der Waals surface area contributed by atoms with Gasteiger partial charge in [0.25, 0.3) is 0 Å². The smallest absolute Gasteiger partial charge is 0.133 e. The molecule has 4 aliphatic carbocycles. The molecule has 4 aliphatic rings. The zero-order valence-corrected chi connectivity index (χ0v) is 13.3. The summed E-state index contributed by atoms with van der Waals surface area (Å²) in [6.07, 6.45) is 13.3. The molecule has 0 bridgehead atoms. The van der Waals surface area contributed by atoms with Gasteiger partial charge in [-0.25, -0.2) is 0 Å². The molecule has 4 rings (SSSR count). The SMILES string of the molecule is C[C@]12CC[C@@H]3[C@H](CC[C@H]4CCCC[C@@]43C)[C@@H]1CC(=O)C2. The van der Waals surface area contributed by atoms with Gasteiger partial charge in [0, 0.05) is 12.8 Å². The molecule has 0 amide bonds. The minimum absolute atomic E-state index is 0.371. The highest BCUT2D eigenvalue weighted by Gasteiger charge is 2.58. The number of carbonyl (C=O) groups excluding carboxylic acids is 1. The highest BCUT2D eigenvalue weighted by atomic mass is 16.1. The van der Waals surface area contributed by atoms with E-state index in [0.717, 1.165) is 36.5 Å². The van der Waals surface area contributed by atoms with E-state index in [1.165, 1.54) is 51.4 Å². The average molecular weight is 274 g/mol. The van der Waals surface area contributed by atoms with E-state index < -0.39 is 0 Å². The van der Waals surface area contributed by atoms with Gasteiger partial charge in [-0.15, -0.1) is 0 Å². The Morgan fingerprint density at radius 1 is 0.950 bits per heavy atom. The van der Waals surface area contributed by atoms with E-state index in [1.807, 2.05) is 0 Å². The van der Waals surface area contributed by atoms with Gasteiger partial charge >= 0.3 is 0 Å². The molecule has 4 fully saturated rings. The van der Waals surface area contributed by atoms with E-state index in [0.29, 0.717) is 16.6 Å². The van der Waals surface area contributed by atoms with Crippen molar-refractivity contribution in [3.05, 3.63) is 0 Å². The van der Waals surface area contributed by atoms with Crippen LogP contribution in [0.15, 0.2) is 0 Å². The Labute approximate surface area is 123 Å². The summed E-state index contributed by atoms with van der Waals surface area (Å²) in [6.45, 7) is 5.04. The van der Waals surface area contributed by atoms with Gasteiger partial charge in [0.15, 0.2) is 0 Å². The van der Waals surface area contributed by atoms with E-state index in [9.17, 15) is 4.79 Å². The van der Waals surface area contributed by atoms with Crippen molar-refractivity contribution < 1.29 is 4.79 Å². The van der Waals surface area contributed by atoms with Crippen molar-refractivity contribution in [1.82, 2.24) is 0 Å². The maximum absolute atomic E-state index is 12.1. The summed E-state index contributed by atoms with van der Waals surface area (Å²) in [5.74, 6) is 4.10. The van der Waals surface area contributed by atoms with E-state index in [4.69, 9.17) is 0 Å². The zero-order valence-electron chi connectivity index (χ0n) is 13.3. The molecule has 0 heterocycles. The molecule has 0 radical (unpaired) electrons. The number of hydrogen-bond acceptors (Lipinski definition) is 1. The minimum atomic E-state index is 0.371. The fraction of sp³-hybridized carbons (Fsp3) is 0.947. The first-order valence-corrected chi connectivity index (χ1v) is 9.05.